The number of nitrogens with two attached hydrogens (primary N) is 1. The molecule has 1 amide bonds. The van der Waals surface area contributed by atoms with Crippen molar-refractivity contribution in [3.8, 4) is 12.3 Å². The van der Waals surface area contributed by atoms with Crippen molar-refractivity contribution in [2.75, 3.05) is 5.32 Å². The van der Waals surface area contributed by atoms with E-state index in [0.717, 1.165) is 0 Å². The zero-order valence-corrected chi connectivity index (χ0v) is 10.1. The van der Waals surface area contributed by atoms with Crippen molar-refractivity contribution in [2.45, 2.75) is 12.5 Å². The predicted molar refractivity (Wildman–Crippen MR) is 68.5 cm³/mol. The van der Waals surface area contributed by atoms with Crippen LogP contribution in [0.25, 0.3) is 0 Å². The van der Waals surface area contributed by atoms with Gasteiger partial charge in [-0.15, -0.1) is 12.3 Å². The Morgan fingerprint density at radius 1 is 1.56 bits per heavy atom. The van der Waals surface area contributed by atoms with Crippen molar-refractivity contribution in [1.82, 2.24) is 0 Å². The second kappa shape index (κ2) is 6.05. The predicted octanol–water partition coefficient (Wildman–Crippen LogP) is 1.33. The molecule has 0 spiro atoms. The molecule has 18 heavy (non-hydrogen) atoms. The van der Waals surface area contributed by atoms with Gasteiger partial charge in [-0.3, -0.25) is 4.79 Å². The van der Waals surface area contributed by atoms with E-state index in [4.69, 9.17) is 28.9 Å². The summed E-state index contributed by atoms with van der Waals surface area (Å²) in [4.78, 5) is 22.4. The molecule has 94 valence electrons. The Kier molecular flexibility index (Phi) is 4.72. The SMILES string of the molecule is C#CCC(N)C(=O)Nc1cc(C(=O)O)ccc1Cl. The van der Waals surface area contributed by atoms with E-state index >= 15 is 0 Å². The minimum Gasteiger partial charge on any atom is -0.478 e. The topological polar surface area (TPSA) is 92.4 Å². The largest absolute Gasteiger partial charge is 0.478 e. The number of benzene rings is 1. The molecule has 0 bridgehead atoms. The van der Waals surface area contributed by atoms with Crippen molar-refractivity contribution in [1.29, 1.82) is 0 Å². The summed E-state index contributed by atoms with van der Waals surface area (Å²) in [6.45, 7) is 0. The van der Waals surface area contributed by atoms with Gasteiger partial charge < -0.3 is 16.2 Å². The lowest BCUT2D eigenvalue weighted by molar-refractivity contribution is -0.117. The third-order valence-corrected chi connectivity index (χ3v) is 2.48. The van der Waals surface area contributed by atoms with E-state index in [9.17, 15) is 9.59 Å². The fourth-order valence-electron chi connectivity index (χ4n) is 1.20. The lowest BCUT2D eigenvalue weighted by atomic mass is 10.1. The fraction of sp³-hybridized carbons (Fsp3) is 0.167. The Morgan fingerprint density at radius 2 is 2.22 bits per heavy atom. The molecule has 0 saturated carbocycles. The third kappa shape index (κ3) is 3.48. The highest BCUT2D eigenvalue weighted by molar-refractivity contribution is 6.33. The molecule has 0 aliphatic rings. The van der Waals surface area contributed by atoms with E-state index in [0.29, 0.717) is 0 Å². The van der Waals surface area contributed by atoms with Crippen molar-refractivity contribution in [3.63, 3.8) is 0 Å². The summed E-state index contributed by atoms with van der Waals surface area (Å²) in [6, 6.07) is 3.11. The molecule has 4 N–H and O–H groups in total. The number of amides is 1. The van der Waals surface area contributed by atoms with Crippen LogP contribution < -0.4 is 11.1 Å². The minimum absolute atomic E-state index is 0.0141. The number of carbonyl (C=O) groups is 2. The summed E-state index contributed by atoms with van der Waals surface area (Å²) in [6.07, 6.45) is 5.13. The standard InChI is InChI=1S/C12H11ClN2O3/c1-2-3-9(14)11(16)15-10-6-7(12(17)18)4-5-8(10)13/h1,4-6,9H,3,14H2,(H,15,16)(H,17,18). The monoisotopic (exact) mass is 266 g/mol. The van der Waals surface area contributed by atoms with Crippen molar-refractivity contribution in [3.05, 3.63) is 28.8 Å². The average Bonchev–Trinajstić information content (AvgIpc) is 2.31. The molecule has 0 radical (unpaired) electrons. The van der Waals surface area contributed by atoms with Crippen LogP contribution in [-0.4, -0.2) is 23.0 Å². The van der Waals surface area contributed by atoms with E-state index in [1.165, 1.54) is 18.2 Å². The van der Waals surface area contributed by atoms with E-state index < -0.39 is 17.9 Å². The van der Waals surface area contributed by atoms with Crippen LogP contribution in [0.15, 0.2) is 18.2 Å². The summed E-state index contributed by atoms with van der Waals surface area (Å²) in [5.74, 6) is 0.633. The molecule has 5 nitrogen and oxygen atoms in total. The van der Waals surface area contributed by atoms with Crippen LogP contribution in [0.1, 0.15) is 16.8 Å². The summed E-state index contributed by atoms with van der Waals surface area (Å²) in [5.41, 5.74) is 5.71. The maximum Gasteiger partial charge on any atom is 0.335 e. The van der Waals surface area contributed by atoms with Gasteiger partial charge in [-0.1, -0.05) is 11.6 Å². The van der Waals surface area contributed by atoms with Crippen LogP contribution in [-0.2, 0) is 4.79 Å². The zero-order valence-electron chi connectivity index (χ0n) is 9.31. The van der Waals surface area contributed by atoms with Crippen LogP contribution in [0.4, 0.5) is 5.69 Å². The first-order valence-corrected chi connectivity index (χ1v) is 5.36. The van der Waals surface area contributed by atoms with Crippen LogP contribution in [0.5, 0.6) is 0 Å². The van der Waals surface area contributed by atoms with Crippen LogP contribution in [0.3, 0.4) is 0 Å². The van der Waals surface area contributed by atoms with Gasteiger partial charge in [-0.2, -0.15) is 0 Å². The van der Waals surface area contributed by atoms with E-state index in [2.05, 4.69) is 11.2 Å². The number of aromatic carboxylic acids is 1. The number of nitrogens with one attached hydrogen (secondary N) is 1. The maximum absolute atomic E-state index is 11.6. The number of rotatable bonds is 4. The van der Waals surface area contributed by atoms with Crippen molar-refractivity contribution >= 4 is 29.2 Å². The van der Waals surface area contributed by atoms with Gasteiger partial charge in [-0.05, 0) is 18.2 Å². The smallest absolute Gasteiger partial charge is 0.335 e. The number of hydrogen-bond acceptors (Lipinski definition) is 3. The Morgan fingerprint density at radius 3 is 2.78 bits per heavy atom. The molecule has 0 fully saturated rings. The second-order valence-corrected chi connectivity index (χ2v) is 3.91. The minimum atomic E-state index is -1.12. The number of carboxylic acid groups (broad SMARTS) is 1. The number of carboxylic acids is 1. The Bertz CT molecular complexity index is 523. The highest BCUT2D eigenvalue weighted by Crippen LogP contribution is 2.23. The lowest BCUT2D eigenvalue weighted by Crippen LogP contribution is -2.35. The van der Waals surface area contributed by atoms with E-state index in [1.54, 1.807) is 0 Å². The molecule has 0 aliphatic carbocycles. The van der Waals surface area contributed by atoms with Gasteiger partial charge in [-0.25, -0.2) is 4.79 Å². The first kappa shape index (κ1) is 14.0. The fourth-order valence-corrected chi connectivity index (χ4v) is 1.36. The van der Waals surface area contributed by atoms with Gasteiger partial charge in [0.15, 0.2) is 0 Å². The number of terminal acetylenes is 1. The highest BCUT2D eigenvalue weighted by Gasteiger charge is 2.15. The van der Waals surface area contributed by atoms with Gasteiger partial charge >= 0.3 is 5.97 Å². The third-order valence-electron chi connectivity index (χ3n) is 2.15. The van der Waals surface area contributed by atoms with Crippen molar-refractivity contribution < 1.29 is 14.7 Å². The molecule has 1 aromatic rings. The molecule has 1 unspecified atom stereocenters. The number of halogens is 1. The summed E-state index contributed by atoms with van der Waals surface area (Å²) in [5, 5.41) is 11.5. The van der Waals surface area contributed by atoms with Crippen LogP contribution in [0.2, 0.25) is 5.02 Å². The lowest BCUT2D eigenvalue weighted by Gasteiger charge is -2.11. The summed E-state index contributed by atoms with van der Waals surface area (Å²) in [7, 11) is 0. The Balaban J connectivity index is 2.90. The summed E-state index contributed by atoms with van der Waals surface area (Å²) < 4.78 is 0. The van der Waals surface area contributed by atoms with Crippen LogP contribution >= 0.6 is 11.6 Å². The normalized spacial score (nSPS) is 11.4. The quantitative estimate of drug-likeness (QED) is 0.717. The Labute approximate surface area is 109 Å². The number of anilines is 1. The van der Waals surface area contributed by atoms with E-state index in [1.807, 2.05) is 0 Å². The Hall–Kier alpha value is -2.03. The molecule has 0 saturated heterocycles. The molecule has 1 atom stereocenters. The molecule has 0 heterocycles. The molecule has 1 aromatic carbocycles. The number of hydrogen-bond donors (Lipinski definition) is 3. The highest BCUT2D eigenvalue weighted by atomic mass is 35.5. The van der Waals surface area contributed by atoms with E-state index in [-0.39, 0.29) is 22.7 Å². The molecule has 6 heteroatoms. The first-order valence-electron chi connectivity index (χ1n) is 4.98. The molecular formula is C12H11ClN2O3. The molecule has 1 rings (SSSR count). The van der Waals surface area contributed by atoms with Gasteiger partial charge in [0.05, 0.1) is 22.3 Å². The van der Waals surface area contributed by atoms with Crippen LogP contribution in [0, 0.1) is 12.3 Å². The van der Waals surface area contributed by atoms with Gasteiger partial charge in [0.2, 0.25) is 5.91 Å². The van der Waals surface area contributed by atoms with Gasteiger partial charge in [0.25, 0.3) is 0 Å². The second-order valence-electron chi connectivity index (χ2n) is 3.50. The van der Waals surface area contributed by atoms with Gasteiger partial charge in [0, 0.05) is 6.42 Å². The van der Waals surface area contributed by atoms with Gasteiger partial charge in [0.1, 0.15) is 0 Å². The summed E-state index contributed by atoms with van der Waals surface area (Å²) >= 11 is 5.84. The molecule has 0 aliphatic heterocycles. The maximum atomic E-state index is 11.6. The first-order chi connectivity index (χ1) is 8.45. The molecule has 0 aromatic heterocycles. The van der Waals surface area contributed by atoms with Crippen molar-refractivity contribution in [2.24, 2.45) is 5.73 Å². The number of carbonyl (C=O) groups excluding carboxylic acids is 1. The zero-order chi connectivity index (χ0) is 13.7. The average molecular weight is 267 g/mol. The molecular weight excluding hydrogens is 256 g/mol.